The minimum atomic E-state index is 0.520. The van der Waals surface area contributed by atoms with Gasteiger partial charge in [-0.2, -0.15) is 9.97 Å². The van der Waals surface area contributed by atoms with Crippen molar-refractivity contribution in [1.82, 2.24) is 34.5 Å². The molecule has 408 valence electrons. The van der Waals surface area contributed by atoms with Crippen molar-refractivity contribution in [3.8, 4) is 84.9 Å². The molecular weight excluding hydrogens is 1050 g/mol. The maximum Gasteiger partial charge on any atom is 0.238 e. The predicted molar refractivity (Wildman–Crippen MR) is 356 cm³/mol. The molecule has 0 radical (unpaired) electrons. The highest BCUT2D eigenvalue weighted by atomic mass is 15.2. The topological polar surface area (TPSA) is 82.3 Å². The van der Waals surface area contributed by atoms with Crippen LogP contribution in [0.3, 0.4) is 0 Å². The van der Waals surface area contributed by atoms with Gasteiger partial charge in [-0.05, 0) is 135 Å². The molecule has 0 unspecified atom stereocenters. The molecule has 1 aliphatic rings. The molecule has 13 aromatic rings. The SMILES string of the molecule is C=C(/C=C(\C=C(/C)c1cccc(-c2nc(C3=CC=CCC3)nc(-c3cccc(-c4cccc5c4c4cc(-c6ccccc6)ccc4n5-c4nc(-c5ccccc5)nc(-c5cccc(-c6ccccc6)c5)n4)c3)n2)c1)c1ccccc1)c1ccccc1. The molecule has 0 bridgehead atoms. The average Bonchev–Trinajstić information content (AvgIpc) is 1.98. The van der Waals surface area contributed by atoms with Gasteiger partial charge in [0.15, 0.2) is 29.1 Å². The van der Waals surface area contributed by atoms with E-state index in [1.165, 1.54) is 0 Å². The summed E-state index contributed by atoms with van der Waals surface area (Å²) in [4.78, 5) is 31.8. The lowest BCUT2D eigenvalue weighted by Crippen LogP contribution is -2.06. The summed E-state index contributed by atoms with van der Waals surface area (Å²) in [5.74, 6) is 3.55. The summed E-state index contributed by atoms with van der Waals surface area (Å²) in [5, 5.41) is 2.13. The number of benzene rings is 10. The van der Waals surface area contributed by atoms with E-state index in [4.69, 9.17) is 29.9 Å². The Morgan fingerprint density at radius 2 is 0.884 bits per heavy atom. The van der Waals surface area contributed by atoms with Crippen molar-refractivity contribution in [2.45, 2.75) is 19.8 Å². The van der Waals surface area contributed by atoms with Gasteiger partial charge in [-0.15, -0.1) is 0 Å². The number of nitrogens with zero attached hydrogens (tertiary/aromatic N) is 7. The molecule has 3 aromatic heterocycles. The van der Waals surface area contributed by atoms with Crippen LogP contribution < -0.4 is 0 Å². The molecule has 86 heavy (non-hydrogen) atoms. The first kappa shape index (κ1) is 52.8. The van der Waals surface area contributed by atoms with Crippen LogP contribution in [-0.2, 0) is 0 Å². The Labute approximate surface area is 500 Å². The van der Waals surface area contributed by atoms with E-state index in [2.05, 4.69) is 261 Å². The second-order valence-electron chi connectivity index (χ2n) is 21.5. The summed E-state index contributed by atoms with van der Waals surface area (Å²) in [7, 11) is 0. The minimum absolute atomic E-state index is 0.520. The smallest absolute Gasteiger partial charge is 0.238 e. The van der Waals surface area contributed by atoms with Crippen molar-refractivity contribution in [2.75, 3.05) is 0 Å². The normalized spacial score (nSPS) is 12.6. The van der Waals surface area contributed by atoms with E-state index in [1.807, 2.05) is 48.5 Å². The third-order valence-electron chi connectivity index (χ3n) is 15.9. The summed E-state index contributed by atoms with van der Waals surface area (Å²) < 4.78 is 2.20. The Balaban J connectivity index is 0.904. The zero-order valence-electron chi connectivity index (χ0n) is 47.5. The number of fused-ring (bicyclic) bond motifs is 3. The Morgan fingerprint density at radius 1 is 0.395 bits per heavy atom. The molecular formula is C79H57N7. The largest absolute Gasteiger partial charge is 0.278 e. The second kappa shape index (κ2) is 23.5. The average molecular weight is 1100 g/mol. The van der Waals surface area contributed by atoms with Crippen molar-refractivity contribution < 1.29 is 0 Å². The first-order valence-electron chi connectivity index (χ1n) is 29.1. The van der Waals surface area contributed by atoms with Crippen LogP contribution in [0.15, 0.2) is 298 Å². The van der Waals surface area contributed by atoms with Crippen molar-refractivity contribution in [3.05, 3.63) is 320 Å². The van der Waals surface area contributed by atoms with E-state index in [-0.39, 0.29) is 0 Å². The fraction of sp³-hybridized carbons (Fsp3) is 0.0380. The van der Waals surface area contributed by atoms with Crippen LogP contribution >= 0.6 is 0 Å². The van der Waals surface area contributed by atoms with Gasteiger partial charge in [0.25, 0.3) is 0 Å². The maximum atomic E-state index is 5.38. The van der Waals surface area contributed by atoms with E-state index in [1.54, 1.807) is 0 Å². The van der Waals surface area contributed by atoms with Crippen LogP contribution in [0.25, 0.3) is 129 Å². The van der Waals surface area contributed by atoms with Crippen LogP contribution in [0.4, 0.5) is 0 Å². The highest BCUT2D eigenvalue weighted by molar-refractivity contribution is 6.16. The minimum Gasteiger partial charge on any atom is -0.278 e. The van der Waals surface area contributed by atoms with E-state index in [0.717, 1.165) is 129 Å². The van der Waals surface area contributed by atoms with E-state index in [9.17, 15) is 0 Å². The highest BCUT2D eigenvalue weighted by Gasteiger charge is 2.23. The molecule has 7 heteroatoms. The molecule has 10 aromatic carbocycles. The molecule has 3 heterocycles. The summed E-state index contributed by atoms with van der Waals surface area (Å²) in [6, 6.07) is 90.7. The molecule has 0 N–H and O–H groups in total. The van der Waals surface area contributed by atoms with Crippen molar-refractivity contribution >= 4 is 44.1 Å². The molecule has 0 saturated heterocycles. The Bertz CT molecular complexity index is 4810. The fourth-order valence-electron chi connectivity index (χ4n) is 11.5. The van der Waals surface area contributed by atoms with Gasteiger partial charge in [-0.3, -0.25) is 4.57 Å². The molecule has 0 fully saturated rings. The van der Waals surface area contributed by atoms with Gasteiger partial charge in [0, 0.05) is 33.0 Å². The van der Waals surface area contributed by atoms with Crippen molar-refractivity contribution in [1.29, 1.82) is 0 Å². The van der Waals surface area contributed by atoms with E-state index in [0.29, 0.717) is 35.1 Å². The Morgan fingerprint density at radius 3 is 1.52 bits per heavy atom. The quantitative estimate of drug-likeness (QED) is 0.101. The monoisotopic (exact) mass is 1100 g/mol. The molecule has 0 spiro atoms. The number of hydrogen-bond acceptors (Lipinski definition) is 6. The van der Waals surface area contributed by atoms with Gasteiger partial charge in [0.1, 0.15) is 0 Å². The van der Waals surface area contributed by atoms with Crippen LogP contribution in [0.5, 0.6) is 0 Å². The summed E-state index contributed by atoms with van der Waals surface area (Å²) in [6.07, 6.45) is 12.6. The summed E-state index contributed by atoms with van der Waals surface area (Å²) in [6.45, 7) is 6.62. The molecule has 7 nitrogen and oxygen atoms in total. The zero-order chi connectivity index (χ0) is 57.8. The summed E-state index contributed by atoms with van der Waals surface area (Å²) in [5.41, 5.74) is 19.4. The molecule has 0 atom stereocenters. The second-order valence-corrected chi connectivity index (χ2v) is 21.5. The third kappa shape index (κ3) is 10.8. The van der Waals surface area contributed by atoms with Crippen LogP contribution in [0.2, 0.25) is 0 Å². The predicted octanol–water partition coefficient (Wildman–Crippen LogP) is 19.8. The highest BCUT2D eigenvalue weighted by Crippen LogP contribution is 2.42. The van der Waals surface area contributed by atoms with E-state index >= 15 is 0 Å². The van der Waals surface area contributed by atoms with Crippen molar-refractivity contribution in [3.63, 3.8) is 0 Å². The Kier molecular flexibility index (Phi) is 14.4. The van der Waals surface area contributed by atoms with Crippen LogP contribution in [-0.4, -0.2) is 34.5 Å². The molecule has 1 aliphatic carbocycles. The van der Waals surface area contributed by atoms with E-state index < -0.39 is 0 Å². The van der Waals surface area contributed by atoms with Gasteiger partial charge in [-0.1, -0.05) is 255 Å². The van der Waals surface area contributed by atoms with Gasteiger partial charge < -0.3 is 0 Å². The van der Waals surface area contributed by atoms with Gasteiger partial charge in [0.2, 0.25) is 5.95 Å². The first-order chi connectivity index (χ1) is 42.4. The first-order valence-corrected chi connectivity index (χ1v) is 29.1. The van der Waals surface area contributed by atoms with Crippen LogP contribution in [0, 0.1) is 0 Å². The van der Waals surface area contributed by atoms with Gasteiger partial charge in [-0.25, -0.2) is 19.9 Å². The molecule has 14 rings (SSSR count). The fourth-order valence-corrected chi connectivity index (χ4v) is 11.5. The van der Waals surface area contributed by atoms with Gasteiger partial charge in [0.05, 0.1) is 11.0 Å². The van der Waals surface area contributed by atoms with Crippen molar-refractivity contribution in [2.24, 2.45) is 0 Å². The number of hydrogen-bond donors (Lipinski definition) is 0. The third-order valence-corrected chi connectivity index (χ3v) is 15.9. The maximum absolute atomic E-state index is 5.38. The molecule has 0 saturated carbocycles. The number of allylic oxidation sites excluding steroid dienone is 9. The lowest BCUT2D eigenvalue weighted by Gasteiger charge is -2.13. The standard InChI is InChI=1S/C79H57N7/c1-53(55-25-9-3-10-26-55)47-68(58-31-15-6-16-32-58)48-54(2)61-37-21-40-65(49-61)76-80-74(59-33-17-7-18-34-59)81-77(83-76)67-42-23-39-64(51-67)69-43-24-44-72-73(69)70-52-63(57-29-13-5-14-30-57)45-46-71(70)86(72)79-84-75(60-35-19-8-20-36-60)82-78(85-79)66-41-22-38-62(50-66)56-27-11-4-12-28-56/h3-17,19-33,35-52H,1,18,34H2,2H3/b54-48+,68-47+. The summed E-state index contributed by atoms with van der Waals surface area (Å²) >= 11 is 0. The van der Waals surface area contributed by atoms with Gasteiger partial charge >= 0.3 is 0 Å². The Hall–Kier alpha value is -11.3. The number of rotatable bonds is 14. The lowest BCUT2D eigenvalue weighted by atomic mass is 9.95. The lowest BCUT2D eigenvalue weighted by molar-refractivity contribution is 0.953. The zero-order valence-corrected chi connectivity index (χ0v) is 47.5. The number of aromatic nitrogens is 7. The molecule has 0 aliphatic heterocycles. The van der Waals surface area contributed by atoms with Crippen LogP contribution in [0.1, 0.15) is 42.3 Å². The molecule has 0 amide bonds.